The van der Waals surface area contributed by atoms with Crippen LogP contribution in [0.15, 0.2) is 48.5 Å². The molecule has 0 aliphatic heterocycles. The number of carbonyl (C=O) groups is 2. The van der Waals surface area contributed by atoms with Gasteiger partial charge in [-0.15, -0.1) is 0 Å². The highest BCUT2D eigenvalue weighted by Crippen LogP contribution is 2.32. The summed E-state index contributed by atoms with van der Waals surface area (Å²) < 4.78 is 5.33. The highest BCUT2D eigenvalue weighted by Gasteiger charge is 2.31. The first-order valence-corrected chi connectivity index (χ1v) is 14.7. The number of amides is 2. The molecule has 6 nitrogen and oxygen atoms in total. The third-order valence-corrected chi connectivity index (χ3v) is 9.34. The van der Waals surface area contributed by atoms with Crippen molar-refractivity contribution >= 4 is 23.6 Å². The zero-order chi connectivity index (χ0) is 26.0. The maximum absolute atomic E-state index is 13.1. The predicted octanol–water partition coefficient (Wildman–Crippen LogP) is 5.34. The molecule has 2 aliphatic rings. The van der Waals surface area contributed by atoms with Gasteiger partial charge in [0.25, 0.3) is 5.91 Å². The third kappa shape index (κ3) is 7.91. The van der Waals surface area contributed by atoms with Gasteiger partial charge in [0.1, 0.15) is 11.5 Å². The van der Waals surface area contributed by atoms with Crippen molar-refractivity contribution in [3.63, 3.8) is 0 Å². The van der Waals surface area contributed by atoms with Crippen LogP contribution in [0.2, 0.25) is 0 Å². The van der Waals surface area contributed by atoms with Gasteiger partial charge in [-0.25, -0.2) is 0 Å². The lowest BCUT2D eigenvalue weighted by Crippen LogP contribution is -2.52. The van der Waals surface area contributed by atoms with Gasteiger partial charge in [0.05, 0.1) is 18.7 Å². The van der Waals surface area contributed by atoms with Crippen LogP contribution < -0.4 is 15.4 Å². The Balaban J connectivity index is 1.51. The van der Waals surface area contributed by atoms with Crippen LogP contribution >= 0.6 is 11.8 Å². The summed E-state index contributed by atoms with van der Waals surface area (Å²) in [7, 11) is 1.66. The number of carbonyl (C=O) groups excluding carboxylic acids is 2. The molecule has 4 rings (SSSR count). The molecule has 3 N–H and O–H groups in total. The number of rotatable bonds is 12. The number of benzene rings is 2. The van der Waals surface area contributed by atoms with E-state index in [4.69, 9.17) is 4.74 Å². The SMILES string of the molecule is COc1ccc(CC(SCC2CCCCC2)C(CNC(=O)c2ccccc2O)NC(=O)C2CCC2)cc1. The van der Waals surface area contributed by atoms with Gasteiger partial charge in [0.2, 0.25) is 5.91 Å². The topological polar surface area (TPSA) is 87.7 Å². The van der Waals surface area contributed by atoms with Crippen LogP contribution in [0.5, 0.6) is 11.5 Å². The monoisotopic (exact) mass is 524 g/mol. The zero-order valence-corrected chi connectivity index (χ0v) is 22.6. The molecule has 2 fully saturated rings. The number of aromatic hydroxyl groups is 1. The Morgan fingerprint density at radius 2 is 1.73 bits per heavy atom. The molecule has 0 spiro atoms. The van der Waals surface area contributed by atoms with E-state index in [1.54, 1.807) is 25.3 Å². The maximum Gasteiger partial charge on any atom is 0.255 e. The molecule has 2 aromatic carbocycles. The molecule has 37 heavy (non-hydrogen) atoms. The Labute approximate surface area is 224 Å². The number of nitrogens with one attached hydrogen (secondary N) is 2. The number of para-hydroxylation sites is 1. The molecule has 2 unspecified atom stereocenters. The quantitative estimate of drug-likeness (QED) is 0.349. The number of phenols is 1. The van der Waals surface area contributed by atoms with Crippen LogP contribution in [-0.4, -0.2) is 47.6 Å². The average Bonchev–Trinajstić information content (AvgIpc) is 2.89. The third-order valence-electron chi connectivity index (χ3n) is 7.75. The van der Waals surface area contributed by atoms with E-state index in [-0.39, 0.29) is 40.3 Å². The largest absolute Gasteiger partial charge is 0.507 e. The molecule has 2 atom stereocenters. The molecular formula is C30H40N2O4S. The first-order chi connectivity index (χ1) is 18.0. The summed E-state index contributed by atoms with van der Waals surface area (Å²) in [5.74, 6) is 2.37. The molecule has 0 radical (unpaired) electrons. The normalized spacial score (nSPS) is 17.9. The van der Waals surface area contributed by atoms with Crippen LogP contribution in [0.1, 0.15) is 67.3 Å². The van der Waals surface area contributed by atoms with E-state index in [1.165, 1.54) is 43.7 Å². The van der Waals surface area contributed by atoms with Crippen molar-refractivity contribution in [1.29, 1.82) is 0 Å². The summed E-state index contributed by atoms with van der Waals surface area (Å²) in [6, 6.07) is 14.4. The first kappa shape index (κ1) is 27.4. The highest BCUT2D eigenvalue weighted by molar-refractivity contribution is 7.99. The number of hydrogen-bond acceptors (Lipinski definition) is 5. The molecule has 0 aromatic heterocycles. The maximum atomic E-state index is 13.1. The van der Waals surface area contributed by atoms with Gasteiger partial charge < -0.3 is 20.5 Å². The summed E-state index contributed by atoms with van der Waals surface area (Å²) >= 11 is 1.92. The predicted molar refractivity (Wildman–Crippen MR) is 149 cm³/mol. The Morgan fingerprint density at radius 1 is 1.00 bits per heavy atom. The Morgan fingerprint density at radius 3 is 2.38 bits per heavy atom. The van der Waals surface area contributed by atoms with Crippen LogP contribution in [0.4, 0.5) is 0 Å². The van der Waals surface area contributed by atoms with E-state index >= 15 is 0 Å². The van der Waals surface area contributed by atoms with Gasteiger partial charge in [-0.3, -0.25) is 9.59 Å². The lowest BCUT2D eigenvalue weighted by Gasteiger charge is -2.33. The summed E-state index contributed by atoms with van der Waals surface area (Å²) in [5.41, 5.74) is 1.42. The molecule has 0 saturated heterocycles. The standard InChI is InChI=1S/C30H40N2O4S/c1-36-24-16-14-21(15-17-24)18-28(37-20-22-8-3-2-4-9-22)26(32-29(34)23-10-7-11-23)19-31-30(35)25-12-5-6-13-27(25)33/h5-6,12-17,22-23,26,28,33H,2-4,7-11,18-20H2,1H3,(H,31,35)(H,32,34). The van der Waals surface area contributed by atoms with Gasteiger partial charge in [-0.1, -0.05) is 49.9 Å². The second-order valence-corrected chi connectivity index (χ2v) is 11.7. The molecule has 200 valence electrons. The smallest absolute Gasteiger partial charge is 0.255 e. The fourth-order valence-corrected chi connectivity index (χ4v) is 6.69. The average molecular weight is 525 g/mol. The van der Waals surface area contributed by atoms with Crippen LogP contribution in [-0.2, 0) is 11.2 Å². The minimum absolute atomic E-state index is 0.0449. The zero-order valence-electron chi connectivity index (χ0n) is 21.8. The van der Waals surface area contributed by atoms with E-state index < -0.39 is 0 Å². The second-order valence-electron chi connectivity index (χ2n) is 10.4. The summed E-state index contributed by atoms with van der Waals surface area (Å²) in [6.45, 7) is 0.310. The van der Waals surface area contributed by atoms with Gasteiger partial charge in [0.15, 0.2) is 0 Å². The molecule has 2 aliphatic carbocycles. The summed E-state index contributed by atoms with van der Waals surface area (Å²) in [5, 5.41) is 16.5. The van der Waals surface area contributed by atoms with Crippen molar-refractivity contribution in [2.75, 3.05) is 19.4 Å². The van der Waals surface area contributed by atoms with E-state index in [2.05, 4.69) is 22.8 Å². The minimum Gasteiger partial charge on any atom is -0.507 e. The Hall–Kier alpha value is -2.67. The van der Waals surface area contributed by atoms with Crippen molar-refractivity contribution in [2.45, 2.75) is 69.1 Å². The molecule has 2 saturated carbocycles. The van der Waals surface area contributed by atoms with Crippen molar-refractivity contribution in [2.24, 2.45) is 11.8 Å². The van der Waals surface area contributed by atoms with Crippen LogP contribution in [0, 0.1) is 11.8 Å². The molecule has 7 heteroatoms. The van der Waals surface area contributed by atoms with E-state index in [9.17, 15) is 14.7 Å². The van der Waals surface area contributed by atoms with Crippen molar-refractivity contribution in [3.8, 4) is 11.5 Å². The lowest BCUT2D eigenvalue weighted by atomic mass is 9.84. The van der Waals surface area contributed by atoms with Crippen LogP contribution in [0.25, 0.3) is 0 Å². The summed E-state index contributed by atoms with van der Waals surface area (Å²) in [4.78, 5) is 26.0. The molecule has 0 bridgehead atoms. The fourth-order valence-electron chi connectivity index (χ4n) is 5.13. The Kier molecular flexibility index (Phi) is 10.2. The van der Waals surface area contributed by atoms with E-state index in [0.717, 1.165) is 37.2 Å². The first-order valence-electron chi connectivity index (χ1n) is 13.6. The Bertz CT molecular complexity index is 1020. The van der Waals surface area contributed by atoms with E-state index in [0.29, 0.717) is 12.5 Å². The van der Waals surface area contributed by atoms with Crippen LogP contribution in [0.3, 0.4) is 0 Å². The second kappa shape index (κ2) is 13.8. The number of hydrogen-bond donors (Lipinski definition) is 3. The number of thioether (sulfide) groups is 1. The van der Waals surface area contributed by atoms with Crippen molar-refractivity contribution < 1.29 is 19.4 Å². The molecular weight excluding hydrogens is 484 g/mol. The van der Waals surface area contributed by atoms with E-state index in [1.807, 2.05) is 23.9 Å². The number of phenolic OH excluding ortho intramolecular Hbond substituents is 1. The van der Waals surface area contributed by atoms with Gasteiger partial charge in [-0.05, 0) is 73.6 Å². The summed E-state index contributed by atoms with van der Waals surface area (Å²) in [6.07, 6.45) is 10.2. The minimum atomic E-state index is -0.332. The van der Waals surface area contributed by atoms with Gasteiger partial charge >= 0.3 is 0 Å². The highest BCUT2D eigenvalue weighted by atomic mass is 32.2. The molecule has 0 heterocycles. The van der Waals surface area contributed by atoms with Gasteiger partial charge in [-0.2, -0.15) is 11.8 Å². The molecule has 2 aromatic rings. The van der Waals surface area contributed by atoms with Crippen molar-refractivity contribution in [3.05, 3.63) is 59.7 Å². The number of ether oxygens (including phenoxy) is 1. The van der Waals surface area contributed by atoms with Gasteiger partial charge in [0, 0.05) is 17.7 Å². The molecule has 2 amide bonds. The van der Waals surface area contributed by atoms with Crippen molar-refractivity contribution in [1.82, 2.24) is 10.6 Å². The fraction of sp³-hybridized carbons (Fsp3) is 0.533. The lowest BCUT2D eigenvalue weighted by molar-refractivity contribution is -0.128. The number of methoxy groups -OCH3 is 1.